The number of benzene rings is 1. The van der Waals surface area contributed by atoms with E-state index < -0.39 is 11.5 Å². The molecule has 0 unspecified atom stereocenters. The fourth-order valence-electron chi connectivity index (χ4n) is 3.18. The van der Waals surface area contributed by atoms with Crippen LogP contribution in [-0.2, 0) is 20.7 Å². The van der Waals surface area contributed by atoms with Crippen molar-refractivity contribution >= 4 is 17.3 Å². The molecule has 2 aliphatic carbocycles. The normalized spacial score (nSPS) is 19.1. The summed E-state index contributed by atoms with van der Waals surface area (Å²) in [4.78, 5) is 24.1. The zero-order chi connectivity index (χ0) is 15.7. The van der Waals surface area contributed by atoms with Crippen LogP contribution in [0.4, 0.5) is 0 Å². The smallest absolute Gasteiger partial charge is 0.312 e. The van der Waals surface area contributed by atoms with Gasteiger partial charge in [-0.05, 0) is 42.4 Å². The van der Waals surface area contributed by atoms with Gasteiger partial charge in [0.1, 0.15) is 0 Å². The maximum Gasteiger partial charge on any atom is 0.312 e. The fraction of sp³-hybridized carbons (Fsp3) is 0.444. The molecule has 2 N–H and O–H groups in total. The zero-order valence-electron chi connectivity index (χ0n) is 12.8. The highest BCUT2D eigenvalue weighted by molar-refractivity contribution is 5.92. The van der Waals surface area contributed by atoms with E-state index in [0.717, 1.165) is 24.8 Å². The molecule has 0 aromatic heterocycles. The number of hydrogen-bond donors (Lipinski definition) is 1. The fourth-order valence-corrected chi connectivity index (χ4v) is 3.18. The second-order valence-electron chi connectivity index (χ2n) is 6.32. The van der Waals surface area contributed by atoms with Crippen LogP contribution in [0.15, 0.2) is 30.3 Å². The van der Waals surface area contributed by atoms with Crippen molar-refractivity contribution in [3.05, 3.63) is 41.5 Å². The highest BCUT2D eigenvalue weighted by Crippen LogP contribution is 2.50. The molecule has 0 aliphatic heterocycles. The van der Waals surface area contributed by atoms with Crippen LogP contribution in [0.25, 0.3) is 5.57 Å². The van der Waals surface area contributed by atoms with E-state index in [-0.39, 0.29) is 18.2 Å². The van der Waals surface area contributed by atoms with E-state index in [4.69, 9.17) is 10.5 Å². The molecule has 1 aromatic carbocycles. The van der Waals surface area contributed by atoms with Gasteiger partial charge >= 0.3 is 5.97 Å². The van der Waals surface area contributed by atoms with Crippen molar-refractivity contribution in [2.45, 2.75) is 38.1 Å². The molecule has 0 spiro atoms. The van der Waals surface area contributed by atoms with Gasteiger partial charge in [0.25, 0.3) is 0 Å². The Morgan fingerprint density at radius 3 is 2.73 bits per heavy atom. The highest BCUT2D eigenvalue weighted by atomic mass is 16.5. The lowest BCUT2D eigenvalue weighted by Gasteiger charge is -2.16. The Morgan fingerprint density at radius 2 is 2.05 bits per heavy atom. The third-order valence-electron chi connectivity index (χ3n) is 4.77. The first-order chi connectivity index (χ1) is 10.6. The number of methoxy groups -OCH3 is 1. The van der Waals surface area contributed by atoms with Gasteiger partial charge in [0.15, 0.2) is 5.78 Å². The lowest BCUT2D eigenvalue weighted by Crippen LogP contribution is -2.34. The van der Waals surface area contributed by atoms with Gasteiger partial charge in [0.2, 0.25) is 0 Å². The van der Waals surface area contributed by atoms with Crippen LogP contribution in [0.3, 0.4) is 0 Å². The van der Waals surface area contributed by atoms with Crippen LogP contribution >= 0.6 is 0 Å². The lowest BCUT2D eigenvalue weighted by atomic mass is 9.92. The first-order valence-electron chi connectivity index (χ1n) is 7.70. The molecule has 0 saturated heterocycles. The summed E-state index contributed by atoms with van der Waals surface area (Å²) < 4.78 is 4.79. The molecule has 4 nitrogen and oxygen atoms in total. The number of ether oxygens (including phenoxy) is 1. The van der Waals surface area contributed by atoms with Crippen molar-refractivity contribution in [3.63, 3.8) is 0 Å². The summed E-state index contributed by atoms with van der Waals surface area (Å²) >= 11 is 0. The van der Waals surface area contributed by atoms with Gasteiger partial charge in [0.05, 0.1) is 18.6 Å². The van der Waals surface area contributed by atoms with Gasteiger partial charge in [-0.3, -0.25) is 9.59 Å². The standard InChI is InChI=1S/C18H21NO3/c1-22-17(21)18(8-9-18)11-16(20)15(19)10-13-7-6-12-4-2-3-5-14(12)13/h2-5,7,15H,6,8-11,19H2,1H3/t15-/m1/s1. The Balaban J connectivity index is 1.62. The molecule has 0 bridgehead atoms. The van der Waals surface area contributed by atoms with Crippen molar-refractivity contribution in [2.24, 2.45) is 11.1 Å². The predicted octanol–water partition coefficient (Wildman–Crippen LogP) is 2.26. The summed E-state index contributed by atoms with van der Waals surface area (Å²) in [6.07, 6.45) is 5.24. The maximum atomic E-state index is 12.4. The molecule has 4 heteroatoms. The number of carbonyl (C=O) groups excluding carboxylic acids is 2. The highest BCUT2D eigenvalue weighted by Gasteiger charge is 2.52. The number of carbonyl (C=O) groups is 2. The van der Waals surface area contributed by atoms with Crippen LogP contribution < -0.4 is 5.73 Å². The first kappa shape index (κ1) is 15.0. The van der Waals surface area contributed by atoms with Crippen LogP contribution in [-0.4, -0.2) is 24.9 Å². The Labute approximate surface area is 130 Å². The molecule has 0 heterocycles. The second kappa shape index (κ2) is 5.69. The minimum atomic E-state index is -0.592. The summed E-state index contributed by atoms with van der Waals surface area (Å²) in [5, 5.41) is 0. The van der Waals surface area contributed by atoms with Crippen molar-refractivity contribution in [2.75, 3.05) is 7.11 Å². The molecule has 2 aliphatic rings. The number of rotatable bonds is 6. The van der Waals surface area contributed by atoms with E-state index in [0.29, 0.717) is 6.42 Å². The maximum absolute atomic E-state index is 12.4. The van der Waals surface area contributed by atoms with E-state index in [1.807, 2.05) is 12.1 Å². The number of Topliss-reactive ketones (excluding diaryl/α,β-unsaturated/α-hetero) is 1. The monoisotopic (exact) mass is 299 g/mol. The lowest BCUT2D eigenvalue weighted by molar-refractivity contribution is -0.149. The average molecular weight is 299 g/mol. The Kier molecular flexibility index (Phi) is 3.87. The Morgan fingerprint density at radius 1 is 1.32 bits per heavy atom. The summed E-state index contributed by atoms with van der Waals surface area (Å²) in [6.45, 7) is 0. The van der Waals surface area contributed by atoms with Crippen molar-refractivity contribution in [1.29, 1.82) is 0 Å². The number of ketones is 1. The van der Waals surface area contributed by atoms with Crippen molar-refractivity contribution in [1.82, 2.24) is 0 Å². The molecule has 1 saturated carbocycles. The number of hydrogen-bond acceptors (Lipinski definition) is 4. The number of nitrogens with two attached hydrogens (primary N) is 1. The first-order valence-corrected chi connectivity index (χ1v) is 7.70. The van der Waals surface area contributed by atoms with E-state index in [2.05, 4.69) is 18.2 Å². The van der Waals surface area contributed by atoms with Gasteiger partial charge in [-0.2, -0.15) is 0 Å². The SMILES string of the molecule is COC(=O)C1(CC(=O)[C@H](N)CC2=CCc3ccccc32)CC1. The Hall–Kier alpha value is -1.94. The van der Waals surface area contributed by atoms with Gasteiger partial charge in [-0.25, -0.2) is 0 Å². The van der Waals surface area contributed by atoms with E-state index in [9.17, 15) is 9.59 Å². The quantitative estimate of drug-likeness (QED) is 0.818. The number of esters is 1. The summed E-state index contributed by atoms with van der Waals surface area (Å²) in [6, 6.07) is 7.64. The molecular formula is C18H21NO3. The minimum absolute atomic E-state index is 0.0480. The largest absolute Gasteiger partial charge is 0.469 e. The molecule has 1 atom stereocenters. The molecule has 116 valence electrons. The topological polar surface area (TPSA) is 69.4 Å². The molecule has 1 aromatic rings. The molecule has 22 heavy (non-hydrogen) atoms. The van der Waals surface area contributed by atoms with Crippen LogP contribution in [0, 0.1) is 5.41 Å². The molecule has 3 rings (SSSR count). The predicted molar refractivity (Wildman–Crippen MR) is 84.0 cm³/mol. The number of fused-ring (bicyclic) bond motifs is 1. The Bertz CT molecular complexity index is 643. The van der Waals surface area contributed by atoms with E-state index in [1.54, 1.807) is 0 Å². The van der Waals surface area contributed by atoms with Crippen LogP contribution in [0.5, 0.6) is 0 Å². The number of allylic oxidation sites excluding steroid dienone is 1. The van der Waals surface area contributed by atoms with Gasteiger partial charge in [-0.1, -0.05) is 30.3 Å². The molecule has 0 amide bonds. The molecule has 0 radical (unpaired) electrons. The average Bonchev–Trinajstić information content (AvgIpc) is 3.21. The van der Waals surface area contributed by atoms with E-state index >= 15 is 0 Å². The van der Waals surface area contributed by atoms with Gasteiger partial charge in [0, 0.05) is 6.42 Å². The zero-order valence-corrected chi connectivity index (χ0v) is 12.8. The molecule has 1 fully saturated rings. The summed E-state index contributed by atoms with van der Waals surface area (Å²) in [5.74, 6) is -0.327. The van der Waals surface area contributed by atoms with Crippen molar-refractivity contribution in [3.8, 4) is 0 Å². The van der Waals surface area contributed by atoms with Crippen LogP contribution in [0.1, 0.15) is 36.8 Å². The van der Waals surface area contributed by atoms with E-state index in [1.165, 1.54) is 18.2 Å². The van der Waals surface area contributed by atoms with Crippen molar-refractivity contribution < 1.29 is 14.3 Å². The summed E-state index contributed by atoms with van der Waals surface area (Å²) in [7, 11) is 1.37. The van der Waals surface area contributed by atoms with Gasteiger partial charge in [-0.15, -0.1) is 0 Å². The van der Waals surface area contributed by atoms with Gasteiger partial charge < -0.3 is 10.5 Å². The van der Waals surface area contributed by atoms with Crippen LogP contribution in [0.2, 0.25) is 0 Å². The molecular weight excluding hydrogens is 278 g/mol. The second-order valence-corrected chi connectivity index (χ2v) is 6.32. The third kappa shape index (κ3) is 2.71. The minimum Gasteiger partial charge on any atom is -0.469 e. The summed E-state index contributed by atoms with van der Waals surface area (Å²) in [5.41, 5.74) is 9.11. The third-order valence-corrected chi connectivity index (χ3v) is 4.77.